The van der Waals surface area contributed by atoms with Crippen LogP contribution in [0.15, 0.2) is 0 Å². The Bertz CT molecular complexity index is 492. The summed E-state index contributed by atoms with van der Waals surface area (Å²) in [6.45, 7) is -0.459. The Morgan fingerprint density at radius 3 is 2.58 bits per heavy atom. The maximum absolute atomic E-state index is 12.2. The van der Waals surface area contributed by atoms with Gasteiger partial charge in [-0.05, 0) is 6.42 Å². The van der Waals surface area contributed by atoms with Gasteiger partial charge in [0.2, 0.25) is 8.91 Å². The van der Waals surface area contributed by atoms with E-state index >= 15 is 0 Å². The molecule has 24 heavy (non-hydrogen) atoms. The number of ether oxygens (including phenoxy) is 3. The van der Waals surface area contributed by atoms with Crippen molar-refractivity contribution >= 4 is 57.6 Å². The van der Waals surface area contributed by atoms with Gasteiger partial charge in [-0.15, -0.1) is 0 Å². The molecule has 0 aromatic carbocycles. The van der Waals surface area contributed by atoms with Crippen LogP contribution in [0.1, 0.15) is 6.42 Å². The number of esters is 1. The minimum atomic E-state index is -1.79. The lowest BCUT2D eigenvalue weighted by Crippen LogP contribution is -2.61. The number of fused-ring (bicyclic) bond motifs is 8. The maximum atomic E-state index is 12.2. The van der Waals surface area contributed by atoms with Gasteiger partial charge in [-0.2, -0.15) is 0 Å². The van der Waals surface area contributed by atoms with Crippen LogP contribution in [0.5, 0.6) is 0 Å². The van der Waals surface area contributed by atoms with E-state index in [1.807, 2.05) is 0 Å². The van der Waals surface area contributed by atoms with Crippen LogP contribution in [0.4, 0.5) is 0 Å². The monoisotopic (exact) mass is 423 g/mol. The summed E-state index contributed by atoms with van der Waals surface area (Å²) in [5.41, 5.74) is 5.68. The summed E-state index contributed by atoms with van der Waals surface area (Å²) < 4.78 is 13.9. The molecule has 0 radical (unpaired) electrons. The fraction of sp³-hybridized carbons (Fsp3) is 0.833. The van der Waals surface area contributed by atoms with Gasteiger partial charge in [-0.25, -0.2) is 0 Å². The Labute approximate surface area is 156 Å². The molecular weight excluding hydrogens is 409 g/mol. The molecule has 0 aromatic rings. The summed E-state index contributed by atoms with van der Waals surface area (Å²) in [7, 11) is 0. The first-order valence-corrected chi connectivity index (χ1v) is 9.05. The highest BCUT2D eigenvalue weighted by Crippen LogP contribution is 2.32. The van der Waals surface area contributed by atoms with Gasteiger partial charge < -0.3 is 30.2 Å². The average Bonchev–Trinajstić information content (AvgIpc) is 2.51. The van der Waals surface area contributed by atoms with Gasteiger partial charge in [0.25, 0.3) is 0 Å². The summed E-state index contributed by atoms with van der Waals surface area (Å²) >= 11 is 17.6. The maximum Gasteiger partial charge on any atom is 0.323 e. The van der Waals surface area contributed by atoms with E-state index in [1.54, 1.807) is 0 Å². The standard InChI is InChI=1S/C12H16Cl3NO7S/c13-12(14,15)3-21-11-8-6(18)5(17)7(23-11)10(20)24-2-1-4(16)9(19)22-8/h4-8,11,17-18H,1-3,16H2/t4-,5-,6-,7-,8+,11?/m0/s1. The van der Waals surface area contributed by atoms with Crippen LogP contribution in [-0.4, -0.2) is 74.2 Å². The van der Waals surface area contributed by atoms with E-state index in [9.17, 15) is 19.8 Å². The molecule has 0 amide bonds. The summed E-state index contributed by atoms with van der Waals surface area (Å²) in [6, 6.07) is -0.999. The lowest BCUT2D eigenvalue weighted by molar-refractivity contribution is -0.292. The number of carbonyl (C=O) groups excluding carboxylic acids is 2. The van der Waals surface area contributed by atoms with E-state index < -0.39 is 58.2 Å². The third-order valence-corrected chi connectivity index (χ3v) is 4.70. The zero-order chi connectivity index (χ0) is 18.1. The molecule has 3 heterocycles. The molecular formula is C12H16Cl3NO7S. The number of thioether (sulfide) groups is 1. The van der Waals surface area contributed by atoms with Crippen LogP contribution in [0, 0.1) is 0 Å². The SMILES string of the molecule is N[C@H]1CCSC(=O)[C@H]2OC(OCC(Cl)(Cl)Cl)[C@H](OC1=O)[C@@H](O)[C@@H]2O. The molecule has 0 aromatic heterocycles. The normalized spacial score (nSPS) is 38.6. The number of halogens is 3. The summed E-state index contributed by atoms with van der Waals surface area (Å²) in [6.07, 6.45) is -7.29. The predicted molar refractivity (Wildman–Crippen MR) is 86.9 cm³/mol. The summed E-state index contributed by atoms with van der Waals surface area (Å²) in [5, 5.41) is 19.8. The Morgan fingerprint density at radius 1 is 1.29 bits per heavy atom. The first-order valence-electron chi connectivity index (χ1n) is 6.93. The van der Waals surface area contributed by atoms with Gasteiger partial charge >= 0.3 is 5.97 Å². The van der Waals surface area contributed by atoms with Gasteiger partial charge in [0.15, 0.2) is 18.5 Å². The molecule has 0 spiro atoms. The molecule has 1 unspecified atom stereocenters. The smallest absolute Gasteiger partial charge is 0.323 e. The van der Waals surface area contributed by atoms with Crippen LogP contribution in [0.2, 0.25) is 0 Å². The molecule has 8 nitrogen and oxygen atoms in total. The van der Waals surface area contributed by atoms with E-state index in [0.29, 0.717) is 0 Å². The number of hydrogen-bond acceptors (Lipinski definition) is 9. The van der Waals surface area contributed by atoms with E-state index in [2.05, 4.69) is 0 Å². The molecule has 0 aliphatic carbocycles. The second-order valence-corrected chi connectivity index (χ2v) is 8.91. The van der Waals surface area contributed by atoms with Crippen molar-refractivity contribution < 1.29 is 34.0 Å². The van der Waals surface area contributed by atoms with Crippen LogP contribution >= 0.6 is 46.6 Å². The number of alkyl halides is 3. The molecule has 6 atom stereocenters. The van der Waals surface area contributed by atoms with Crippen LogP contribution in [-0.2, 0) is 23.8 Å². The number of hydrogen-bond donors (Lipinski definition) is 3. The summed E-state index contributed by atoms with van der Waals surface area (Å²) in [4.78, 5) is 24.1. The largest absolute Gasteiger partial charge is 0.453 e. The first kappa shape index (κ1) is 20.5. The number of rotatable bonds is 2. The third kappa shape index (κ3) is 5.09. The molecule has 138 valence electrons. The lowest BCUT2D eigenvalue weighted by atomic mass is 9.99. The van der Waals surface area contributed by atoms with Gasteiger partial charge in [0.1, 0.15) is 18.2 Å². The van der Waals surface area contributed by atoms with Crippen LogP contribution in [0.25, 0.3) is 0 Å². The summed E-state index contributed by atoms with van der Waals surface area (Å²) in [5.74, 6) is -0.604. The number of carbonyl (C=O) groups is 2. The minimum Gasteiger partial charge on any atom is -0.453 e. The molecule has 3 aliphatic heterocycles. The van der Waals surface area contributed by atoms with Crippen molar-refractivity contribution in [1.82, 2.24) is 0 Å². The van der Waals surface area contributed by atoms with Crippen molar-refractivity contribution in [3.05, 3.63) is 0 Å². The number of aliphatic hydroxyl groups excluding tert-OH is 2. The predicted octanol–water partition coefficient (Wildman–Crippen LogP) is -0.278. The molecule has 3 aliphatic rings. The molecule has 3 rings (SSSR count). The second-order valence-electron chi connectivity index (χ2n) is 5.30. The Morgan fingerprint density at radius 2 is 1.96 bits per heavy atom. The van der Waals surface area contributed by atoms with Crippen molar-refractivity contribution in [2.24, 2.45) is 5.73 Å². The molecule has 0 saturated carbocycles. The van der Waals surface area contributed by atoms with E-state index in [1.165, 1.54) is 0 Å². The van der Waals surface area contributed by atoms with Crippen molar-refractivity contribution in [2.45, 2.75) is 47.0 Å². The van der Waals surface area contributed by atoms with Gasteiger partial charge in [0.05, 0.1) is 6.61 Å². The molecule has 4 N–H and O–H groups in total. The van der Waals surface area contributed by atoms with Crippen molar-refractivity contribution in [2.75, 3.05) is 12.4 Å². The molecule has 12 heteroatoms. The second kappa shape index (κ2) is 8.24. The zero-order valence-electron chi connectivity index (χ0n) is 12.1. The zero-order valence-corrected chi connectivity index (χ0v) is 15.2. The van der Waals surface area contributed by atoms with Crippen LogP contribution < -0.4 is 5.73 Å². The van der Waals surface area contributed by atoms with Crippen LogP contribution in [0.3, 0.4) is 0 Å². The van der Waals surface area contributed by atoms with Gasteiger partial charge in [-0.3, -0.25) is 9.59 Å². The minimum absolute atomic E-state index is 0.181. The third-order valence-electron chi connectivity index (χ3n) is 3.42. The Hall–Kier alpha value is 0.160. The van der Waals surface area contributed by atoms with E-state index in [4.69, 9.17) is 54.7 Å². The van der Waals surface area contributed by atoms with Crippen molar-refractivity contribution in [1.29, 1.82) is 0 Å². The molecule has 3 fully saturated rings. The fourth-order valence-electron chi connectivity index (χ4n) is 2.18. The average molecular weight is 425 g/mol. The van der Waals surface area contributed by atoms with Crippen molar-refractivity contribution in [3.8, 4) is 0 Å². The quantitative estimate of drug-likeness (QED) is 0.405. The Balaban J connectivity index is 2.27. The van der Waals surface area contributed by atoms with E-state index in [-0.39, 0.29) is 12.2 Å². The number of aliphatic hydroxyl groups is 2. The highest BCUT2D eigenvalue weighted by molar-refractivity contribution is 8.13. The van der Waals surface area contributed by atoms with Crippen molar-refractivity contribution in [3.63, 3.8) is 0 Å². The lowest BCUT2D eigenvalue weighted by Gasteiger charge is -2.41. The molecule has 3 saturated heterocycles. The number of nitrogens with two attached hydrogens (primary N) is 1. The fourth-order valence-corrected chi connectivity index (χ4v) is 3.30. The Kier molecular flexibility index (Phi) is 7.03. The van der Waals surface area contributed by atoms with Gasteiger partial charge in [-0.1, -0.05) is 46.6 Å². The molecule has 2 bridgehead atoms. The first-order chi connectivity index (χ1) is 11.1. The highest BCUT2D eigenvalue weighted by Gasteiger charge is 2.51. The topological polar surface area (TPSA) is 128 Å². The highest BCUT2D eigenvalue weighted by atomic mass is 35.6. The van der Waals surface area contributed by atoms with Gasteiger partial charge in [0, 0.05) is 5.75 Å². The van der Waals surface area contributed by atoms with E-state index in [0.717, 1.165) is 11.8 Å².